The van der Waals surface area contributed by atoms with E-state index in [4.69, 9.17) is 9.47 Å². The van der Waals surface area contributed by atoms with Crippen molar-refractivity contribution in [2.45, 2.75) is 32.3 Å². The van der Waals surface area contributed by atoms with Crippen molar-refractivity contribution in [2.75, 3.05) is 39.4 Å². The van der Waals surface area contributed by atoms with Crippen LogP contribution in [0.5, 0.6) is 5.75 Å². The highest BCUT2D eigenvalue weighted by Gasteiger charge is 2.37. The number of hydrogen-bond donors (Lipinski definition) is 3. The Morgan fingerprint density at radius 2 is 1.97 bits per heavy atom. The number of hydrogen-bond acceptors (Lipinski definition) is 6. The topological polar surface area (TPSA) is 101 Å². The molecule has 1 aliphatic carbocycles. The van der Waals surface area contributed by atoms with E-state index in [0.29, 0.717) is 32.4 Å². The Hall–Kier alpha value is -3.46. The third kappa shape index (κ3) is 7.56. The van der Waals surface area contributed by atoms with Gasteiger partial charge < -0.3 is 29.8 Å². The number of rotatable bonds is 8. The first kappa shape index (κ1) is 28.5. The highest BCUT2D eigenvalue weighted by Crippen LogP contribution is 2.41. The molecule has 2 aliphatic rings. The molecule has 39 heavy (non-hydrogen) atoms. The predicted molar refractivity (Wildman–Crippen MR) is 126 cm³/mol. The summed E-state index contributed by atoms with van der Waals surface area (Å²) in [4.78, 5) is 20.8. The summed E-state index contributed by atoms with van der Waals surface area (Å²) in [6.07, 6.45) is -6.57. The van der Waals surface area contributed by atoms with Crippen LogP contribution in [-0.4, -0.2) is 66.7 Å². The lowest BCUT2D eigenvalue weighted by Gasteiger charge is -2.27. The number of amides is 2. The fraction of sp³-hybridized carbons (Fsp3) is 0.500. The van der Waals surface area contributed by atoms with E-state index in [1.54, 1.807) is 6.92 Å². The molecule has 2 aromatic heterocycles. The molecule has 0 radical (unpaired) electrons. The molecule has 2 amide bonds. The Morgan fingerprint density at radius 1 is 1.23 bits per heavy atom. The van der Waals surface area contributed by atoms with Crippen LogP contribution < -0.4 is 15.4 Å². The average Bonchev–Trinajstić information content (AvgIpc) is 3.30. The molecule has 0 spiro atoms. The van der Waals surface area contributed by atoms with Crippen molar-refractivity contribution in [3.63, 3.8) is 0 Å². The number of urea groups is 1. The van der Waals surface area contributed by atoms with Crippen LogP contribution in [0.4, 0.5) is 31.1 Å². The number of morpholine rings is 1. The fourth-order valence-corrected chi connectivity index (χ4v) is 4.29. The minimum Gasteiger partial charge on any atom is -0.457 e. The van der Waals surface area contributed by atoms with E-state index in [1.807, 2.05) is 0 Å². The molecule has 9 nitrogen and oxygen atoms in total. The minimum absolute atomic E-state index is 0.129. The molecule has 0 aromatic carbocycles. The van der Waals surface area contributed by atoms with E-state index in [2.05, 4.69) is 30.2 Å². The van der Waals surface area contributed by atoms with Gasteiger partial charge in [0.25, 0.3) is 0 Å². The highest BCUT2D eigenvalue weighted by atomic mass is 19.4. The molecule has 2 aromatic rings. The number of carbonyl (C=O) groups excluding carboxylic acids is 1. The third-order valence-corrected chi connectivity index (χ3v) is 6.18. The Balaban J connectivity index is 1.50. The summed E-state index contributed by atoms with van der Waals surface area (Å²) in [6, 6.07) is 0.514. The fourth-order valence-electron chi connectivity index (χ4n) is 4.29. The maximum atomic E-state index is 13.5. The molecule has 1 unspecified atom stereocenters. The number of nitrogens with one attached hydrogen (secondary N) is 3. The number of H-pyrrole nitrogens is 1. The summed E-state index contributed by atoms with van der Waals surface area (Å²) in [7, 11) is 0. The predicted octanol–water partition coefficient (Wildman–Crippen LogP) is 4.65. The number of alkyl halides is 6. The van der Waals surface area contributed by atoms with Crippen molar-refractivity contribution in [3.05, 3.63) is 47.3 Å². The minimum atomic E-state index is -5.12. The van der Waals surface area contributed by atoms with E-state index in [9.17, 15) is 31.1 Å². The molecule has 1 aliphatic heterocycles. The summed E-state index contributed by atoms with van der Waals surface area (Å²) in [6.45, 7) is 5.65. The van der Waals surface area contributed by atoms with Crippen molar-refractivity contribution >= 4 is 17.1 Å². The van der Waals surface area contributed by atoms with Gasteiger partial charge in [-0.15, -0.1) is 13.2 Å². The average molecular weight is 563 g/mol. The van der Waals surface area contributed by atoms with Gasteiger partial charge in [-0.3, -0.25) is 4.90 Å². The largest absolute Gasteiger partial charge is 0.573 e. The first-order valence-electron chi connectivity index (χ1n) is 12.2. The van der Waals surface area contributed by atoms with Gasteiger partial charge in [0.15, 0.2) is 5.76 Å². The van der Waals surface area contributed by atoms with Gasteiger partial charge in [-0.1, -0.05) is 6.92 Å². The lowest BCUT2D eigenvalue weighted by molar-refractivity contribution is -0.304. The zero-order chi connectivity index (χ0) is 28.2. The number of aromatic nitrogens is 2. The van der Waals surface area contributed by atoms with Crippen LogP contribution in [0, 0.1) is 5.92 Å². The summed E-state index contributed by atoms with van der Waals surface area (Å²) in [5.74, 6) is -2.03. The molecule has 0 bridgehead atoms. The molecule has 1 fully saturated rings. The van der Waals surface area contributed by atoms with Gasteiger partial charge in [-0.25, -0.2) is 9.78 Å². The summed E-state index contributed by atoms with van der Waals surface area (Å²) < 4.78 is 95.1. The lowest BCUT2D eigenvalue weighted by atomic mass is 9.96. The van der Waals surface area contributed by atoms with Crippen LogP contribution in [0.25, 0.3) is 11.0 Å². The van der Waals surface area contributed by atoms with Crippen molar-refractivity contribution in [1.82, 2.24) is 25.5 Å². The standard InChI is InChI=1S/C24H27F6N5O4/c1-14-11-18(38-17-3-5-31-21-20(17)15(13-33-21)23(25,26)27)19(39-24(28,29)30)12-16(14)34-22(36)32-4-2-6-35-7-9-37-10-8-35/h3,5,12-14H,2,4,6-11H2,1H3,(H,31,33)(H2,32,34,36). The molecule has 1 atom stereocenters. The second kappa shape index (κ2) is 11.7. The third-order valence-electron chi connectivity index (χ3n) is 6.18. The zero-order valence-corrected chi connectivity index (χ0v) is 20.8. The number of nitrogens with zero attached hydrogens (tertiary/aromatic N) is 2. The summed E-state index contributed by atoms with van der Waals surface area (Å²) >= 11 is 0. The highest BCUT2D eigenvalue weighted by molar-refractivity contribution is 5.87. The second-order valence-corrected chi connectivity index (χ2v) is 9.06. The van der Waals surface area contributed by atoms with Crippen LogP contribution in [0.15, 0.2) is 41.8 Å². The van der Waals surface area contributed by atoms with Crippen molar-refractivity contribution in [3.8, 4) is 5.75 Å². The van der Waals surface area contributed by atoms with Gasteiger partial charge in [0.05, 0.1) is 24.2 Å². The number of aromatic amines is 1. The molecule has 15 heteroatoms. The summed E-state index contributed by atoms with van der Waals surface area (Å²) in [5, 5.41) is 4.77. The van der Waals surface area contributed by atoms with E-state index >= 15 is 0 Å². The number of halogens is 6. The molecule has 214 valence electrons. The van der Waals surface area contributed by atoms with Crippen molar-refractivity contribution in [2.24, 2.45) is 5.92 Å². The van der Waals surface area contributed by atoms with Crippen molar-refractivity contribution < 1.29 is 45.3 Å². The van der Waals surface area contributed by atoms with E-state index in [1.165, 1.54) is 0 Å². The van der Waals surface area contributed by atoms with Gasteiger partial charge >= 0.3 is 18.6 Å². The van der Waals surface area contributed by atoms with Crippen LogP contribution in [0.3, 0.4) is 0 Å². The molecule has 4 rings (SSSR count). The molecule has 0 saturated carbocycles. The number of carbonyl (C=O) groups is 1. The molecule has 1 saturated heterocycles. The zero-order valence-electron chi connectivity index (χ0n) is 20.8. The Morgan fingerprint density at radius 3 is 2.67 bits per heavy atom. The van der Waals surface area contributed by atoms with Crippen LogP contribution in [0.1, 0.15) is 25.3 Å². The van der Waals surface area contributed by atoms with Gasteiger partial charge in [0.2, 0.25) is 0 Å². The Labute approximate surface area is 219 Å². The SMILES string of the molecule is CC1CC(Oc2ccnc3[nH]cc(C(F)(F)F)c23)=C(OC(F)(F)F)C=C1NC(=O)NCCCN1CCOCC1. The normalized spacial score (nSPS) is 19.2. The second-order valence-electron chi connectivity index (χ2n) is 9.06. The molecule has 3 heterocycles. The molecular weight excluding hydrogens is 536 g/mol. The number of ether oxygens (including phenoxy) is 3. The van der Waals surface area contributed by atoms with E-state index in [-0.39, 0.29) is 29.3 Å². The Bertz CT molecular complexity index is 1230. The smallest absolute Gasteiger partial charge is 0.457 e. The first-order valence-corrected chi connectivity index (χ1v) is 12.2. The van der Waals surface area contributed by atoms with Gasteiger partial charge in [-0.2, -0.15) is 13.2 Å². The maximum Gasteiger partial charge on any atom is 0.573 e. The summed E-state index contributed by atoms with van der Waals surface area (Å²) in [5.41, 5.74) is -1.10. The van der Waals surface area contributed by atoms with E-state index < -0.39 is 41.2 Å². The maximum absolute atomic E-state index is 13.5. The molecule has 3 N–H and O–H groups in total. The van der Waals surface area contributed by atoms with Gasteiger partial charge in [0.1, 0.15) is 17.2 Å². The van der Waals surface area contributed by atoms with Crippen LogP contribution >= 0.6 is 0 Å². The lowest BCUT2D eigenvalue weighted by Crippen LogP contribution is -2.40. The number of fused-ring (bicyclic) bond motifs is 1. The van der Waals surface area contributed by atoms with Crippen LogP contribution in [0.2, 0.25) is 0 Å². The number of allylic oxidation sites excluding steroid dienone is 3. The van der Waals surface area contributed by atoms with Gasteiger partial charge in [0, 0.05) is 56.1 Å². The quantitative estimate of drug-likeness (QED) is 0.319. The van der Waals surface area contributed by atoms with Crippen LogP contribution in [-0.2, 0) is 15.7 Å². The molecular formula is C24H27F6N5O4. The van der Waals surface area contributed by atoms with E-state index in [0.717, 1.165) is 38.0 Å². The van der Waals surface area contributed by atoms with Gasteiger partial charge in [-0.05, 0) is 19.0 Å². The van der Waals surface area contributed by atoms with Crippen molar-refractivity contribution in [1.29, 1.82) is 0 Å². The Kier molecular flexibility index (Phi) is 8.59. The number of pyridine rings is 1. The monoisotopic (exact) mass is 563 g/mol. The first-order chi connectivity index (χ1) is 18.4.